The van der Waals surface area contributed by atoms with Crippen molar-refractivity contribution in [1.82, 2.24) is 10.2 Å². The predicted octanol–water partition coefficient (Wildman–Crippen LogP) is 1.43. The van der Waals surface area contributed by atoms with Crippen LogP contribution in [0, 0.1) is 0 Å². The molecule has 1 N–H and O–H groups in total. The Morgan fingerprint density at radius 3 is 3.25 bits per heavy atom. The molecule has 2 bridgehead atoms. The molecule has 2 fully saturated rings. The highest BCUT2D eigenvalue weighted by Crippen LogP contribution is 2.27. The zero-order valence-electron chi connectivity index (χ0n) is 8.89. The lowest BCUT2D eigenvalue weighted by Crippen LogP contribution is -2.46. The Morgan fingerprint density at radius 2 is 2.62 bits per heavy atom. The number of ether oxygens (including phenoxy) is 1. The number of amides is 2. The Labute approximate surface area is 98.2 Å². The predicted molar refractivity (Wildman–Crippen MR) is 61.4 cm³/mol. The van der Waals surface area contributed by atoms with Crippen molar-refractivity contribution in [3.8, 4) is 0 Å². The van der Waals surface area contributed by atoms with Crippen LogP contribution in [-0.2, 0) is 11.3 Å². The highest BCUT2D eigenvalue weighted by atomic mass is 32.1. The third-order valence-electron chi connectivity index (χ3n) is 3.16. The van der Waals surface area contributed by atoms with Crippen molar-refractivity contribution in [2.45, 2.75) is 25.1 Å². The first kappa shape index (κ1) is 10.1. The number of carbonyl (C=O) groups is 1. The van der Waals surface area contributed by atoms with Gasteiger partial charge in [0.15, 0.2) is 0 Å². The maximum Gasteiger partial charge on any atom is 0.318 e. The molecule has 1 aromatic rings. The van der Waals surface area contributed by atoms with Gasteiger partial charge in [-0.1, -0.05) is 6.07 Å². The molecule has 86 valence electrons. The first-order valence-electron chi connectivity index (χ1n) is 5.51. The number of hydrogen-bond donors (Lipinski definition) is 1. The van der Waals surface area contributed by atoms with E-state index >= 15 is 0 Å². The summed E-state index contributed by atoms with van der Waals surface area (Å²) in [5, 5.41) is 4.97. The molecule has 2 unspecified atom stereocenters. The summed E-state index contributed by atoms with van der Waals surface area (Å²) in [6.45, 7) is 2.09. The fourth-order valence-electron chi connectivity index (χ4n) is 2.33. The normalized spacial score (nSPS) is 27.4. The van der Waals surface area contributed by atoms with Crippen LogP contribution in [0.5, 0.6) is 0 Å². The first-order valence-corrected chi connectivity index (χ1v) is 6.39. The molecule has 3 heterocycles. The van der Waals surface area contributed by atoms with Crippen molar-refractivity contribution in [3.63, 3.8) is 0 Å². The van der Waals surface area contributed by atoms with E-state index in [0.717, 1.165) is 13.0 Å². The summed E-state index contributed by atoms with van der Waals surface area (Å²) >= 11 is 1.66. The molecule has 1 aromatic heterocycles. The van der Waals surface area contributed by atoms with Gasteiger partial charge in [0.05, 0.1) is 25.3 Å². The lowest BCUT2D eigenvalue weighted by molar-refractivity contribution is 0.0446. The minimum Gasteiger partial charge on any atom is -0.374 e. The molecule has 2 atom stereocenters. The van der Waals surface area contributed by atoms with Crippen LogP contribution in [0.25, 0.3) is 0 Å². The van der Waals surface area contributed by atoms with Crippen molar-refractivity contribution >= 4 is 17.4 Å². The number of nitrogens with one attached hydrogen (secondary N) is 1. The van der Waals surface area contributed by atoms with Gasteiger partial charge in [0.25, 0.3) is 0 Å². The zero-order valence-corrected chi connectivity index (χ0v) is 9.70. The Morgan fingerprint density at radius 1 is 1.69 bits per heavy atom. The van der Waals surface area contributed by atoms with Gasteiger partial charge in [-0.25, -0.2) is 4.79 Å². The molecule has 0 saturated carbocycles. The Hall–Kier alpha value is -1.07. The second-order valence-corrected chi connectivity index (χ2v) is 5.27. The zero-order chi connectivity index (χ0) is 11.0. The van der Waals surface area contributed by atoms with Gasteiger partial charge in [-0.05, 0) is 17.9 Å². The van der Waals surface area contributed by atoms with Crippen LogP contribution in [0.3, 0.4) is 0 Å². The van der Waals surface area contributed by atoms with Gasteiger partial charge in [-0.2, -0.15) is 0 Å². The standard InChI is InChI=1S/C11H14N2O2S/c14-11(12-5-10-2-1-3-16-10)13-6-9-4-8(13)7-15-9/h1-3,8-9H,4-7H2,(H,12,14). The fourth-order valence-corrected chi connectivity index (χ4v) is 2.97. The molecule has 0 aliphatic carbocycles. The SMILES string of the molecule is O=C(NCc1cccs1)N1CC2CC1CO2. The summed E-state index contributed by atoms with van der Waals surface area (Å²) in [6.07, 6.45) is 1.28. The van der Waals surface area contributed by atoms with Crippen LogP contribution in [0.1, 0.15) is 11.3 Å². The Bertz CT molecular complexity index is 379. The van der Waals surface area contributed by atoms with E-state index in [1.54, 1.807) is 11.3 Å². The van der Waals surface area contributed by atoms with E-state index in [-0.39, 0.29) is 12.1 Å². The van der Waals surface area contributed by atoms with Gasteiger partial charge in [0.2, 0.25) is 0 Å². The fraction of sp³-hybridized carbons (Fsp3) is 0.545. The number of urea groups is 1. The highest BCUT2D eigenvalue weighted by molar-refractivity contribution is 7.09. The van der Waals surface area contributed by atoms with Crippen molar-refractivity contribution < 1.29 is 9.53 Å². The van der Waals surface area contributed by atoms with E-state index in [0.29, 0.717) is 19.2 Å². The average Bonchev–Trinajstić information content (AvgIpc) is 3.01. The average molecular weight is 238 g/mol. The van der Waals surface area contributed by atoms with E-state index < -0.39 is 0 Å². The van der Waals surface area contributed by atoms with Crippen LogP contribution < -0.4 is 5.32 Å². The molecule has 2 aliphatic heterocycles. The smallest absolute Gasteiger partial charge is 0.318 e. The molecule has 4 nitrogen and oxygen atoms in total. The van der Waals surface area contributed by atoms with Crippen LogP contribution in [-0.4, -0.2) is 36.2 Å². The van der Waals surface area contributed by atoms with E-state index in [2.05, 4.69) is 5.32 Å². The minimum atomic E-state index is 0.0456. The van der Waals surface area contributed by atoms with E-state index in [4.69, 9.17) is 4.74 Å². The highest BCUT2D eigenvalue weighted by Gasteiger charge is 2.41. The summed E-state index contributed by atoms with van der Waals surface area (Å²) in [5.41, 5.74) is 0. The van der Waals surface area contributed by atoms with Gasteiger partial charge in [-0.15, -0.1) is 11.3 Å². The van der Waals surface area contributed by atoms with E-state index in [1.807, 2.05) is 22.4 Å². The molecule has 0 spiro atoms. The minimum absolute atomic E-state index is 0.0456. The molecule has 0 radical (unpaired) electrons. The number of carbonyl (C=O) groups excluding carboxylic acids is 1. The van der Waals surface area contributed by atoms with E-state index in [1.165, 1.54) is 4.88 Å². The monoisotopic (exact) mass is 238 g/mol. The maximum absolute atomic E-state index is 11.9. The van der Waals surface area contributed by atoms with Crippen molar-refractivity contribution in [3.05, 3.63) is 22.4 Å². The number of fused-ring (bicyclic) bond motifs is 2. The van der Waals surface area contributed by atoms with Gasteiger partial charge < -0.3 is 15.0 Å². The molecule has 3 rings (SSSR count). The summed E-state index contributed by atoms with van der Waals surface area (Å²) in [6, 6.07) is 4.37. The molecule has 2 saturated heterocycles. The maximum atomic E-state index is 11.9. The van der Waals surface area contributed by atoms with Crippen LogP contribution >= 0.6 is 11.3 Å². The second kappa shape index (κ2) is 4.07. The topological polar surface area (TPSA) is 41.6 Å². The lowest BCUT2D eigenvalue weighted by Gasteiger charge is -2.26. The lowest BCUT2D eigenvalue weighted by atomic mass is 10.2. The number of rotatable bonds is 2. The molecular weight excluding hydrogens is 224 g/mol. The quantitative estimate of drug-likeness (QED) is 0.847. The number of thiophene rings is 1. The number of likely N-dealkylation sites (tertiary alicyclic amines) is 1. The van der Waals surface area contributed by atoms with Gasteiger partial charge in [0, 0.05) is 11.4 Å². The molecule has 2 amide bonds. The Kier molecular flexibility index (Phi) is 2.57. The van der Waals surface area contributed by atoms with Crippen molar-refractivity contribution in [1.29, 1.82) is 0 Å². The molecule has 16 heavy (non-hydrogen) atoms. The molecule has 0 aromatic carbocycles. The van der Waals surface area contributed by atoms with Gasteiger partial charge >= 0.3 is 6.03 Å². The molecule has 5 heteroatoms. The second-order valence-electron chi connectivity index (χ2n) is 4.24. The summed E-state index contributed by atoms with van der Waals surface area (Å²) in [7, 11) is 0. The molecule has 2 aliphatic rings. The Balaban J connectivity index is 1.54. The third kappa shape index (κ3) is 1.81. The number of nitrogens with zero attached hydrogens (tertiary/aromatic N) is 1. The molecular formula is C11H14N2O2S. The van der Waals surface area contributed by atoms with Crippen LogP contribution in [0.15, 0.2) is 17.5 Å². The van der Waals surface area contributed by atoms with E-state index in [9.17, 15) is 4.79 Å². The third-order valence-corrected chi connectivity index (χ3v) is 4.03. The van der Waals surface area contributed by atoms with Gasteiger partial charge in [0.1, 0.15) is 0 Å². The van der Waals surface area contributed by atoms with Crippen molar-refractivity contribution in [2.24, 2.45) is 0 Å². The largest absolute Gasteiger partial charge is 0.374 e. The van der Waals surface area contributed by atoms with Crippen LogP contribution in [0.2, 0.25) is 0 Å². The van der Waals surface area contributed by atoms with Gasteiger partial charge in [-0.3, -0.25) is 0 Å². The summed E-state index contributed by atoms with van der Waals surface area (Å²) in [5.74, 6) is 0. The summed E-state index contributed by atoms with van der Waals surface area (Å²) < 4.78 is 5.46. The number of hydrogen-bond acceptors (Lipinski definition) is 3. The van der Waals surface area contributed by atoms with Crippen LogP contribution in [0.4, 0.5) is 4.79 Å². The summed E-state index contributed by atoms with van der Waals surface area (Å²) in [4.78, 5) is 15.0. The first-order chi connectivity index (χ1) is 7.83. The van der Waals surface area contributed by atoms with Crippen molar-refractivity contribution in [2.75, 3.05) is 13.2 Å². The number of morpholine rings is 1.